The van der Waals surface area contributed by atoms with E-state index in [1.54, 1.807) is 24.3 Å². The Balaban J connectivity index is 1.44. The van der Waals surface area contributed by atoms with Crippen molar-refractivity contribution in [3.8, 4) is 11.5 Å². The average molecular weight is 522 g/mol. The van der Waals surface area contributed by atoms with E-state index in [-0.39, 0.29) is 24.5 Å². The van der Waals surface area contributed by atoms with Crippen molar-refractivity contribution in [1.82, 2.24) is 10.2 Å². The van der Waals surface area contributed by atoms with Gasteiger partial charge in [0.05, 0.1) is 18.4 Å². The molecular formula is C27H21ClFN3O5. The number of amides is 3. The van der Waals surface area contributed by atoms with E-state index in [1.165, 1.54) is 36.4 Å². The summed E-state index contributed by atoms with van der Waals surface area (Å²) in [5, 5.41) is 26.2. The maximum atomic E-state index is 13.9. The summed E-state index contributed by atoms with van der Waals surface area (Å²) in [5.41, 5.74) is 0.635. The van der Waals surface area contributed by atoms with Crippen LogP contribution in [0.15, 0.2) is 60.7 Å². The minimum absolute atomic E-state index is 0.0578. The van der Waals surface area contributed by atoms with Crippen LogP contribution in [-0.4, -0.2) is 38.9 Å². The zero-order valence-electron chi connectivity index (χ0n) is 19.2. The van der Waals surface area contributed by atoms with E-state index in [4.69, 9.17) is 11.6 Å². The fourth-order valence-corrected chi connectivity index (χ4v) is 6.06. The topological polar surface area (TPSA) is 119 Å². The average Bonchev–Trinajstić information content (AvgIpc) is 3.43. The molecule has 2 fully saturated rings. The highest BCUT2D eigenvalue weighted by Crippen LogP contribution is 2.54. The van der Waals surface area contributed by atoms with Crippen LogP contribution >= 0.6 is 11.6 Å². The second-order valence-electron chi connectivity index (χ2n) is 9.62. The Morgan fingerprint density at radius 3 is 2.38 bits per heavy atom. The largest absolute Gasteiger partial charge is 0.504 e. The van der Waals surface area contributed by atoms with Crippen LogP contribution in [0.1, 0.15) is 16.7 Å². The number of carbonyl (C=O) groups excluding carboxylic acids is 3. The summed E-state index contributed by atoms with van der Waals surface area (Å²) in [6.07, 6.45) is 0.198. The number of imide groups is 1. The number of likely N-dealkylation sites (tertiary alicyclic amines) is 1. The van der Waals surface area contributed by atoms with Crippen LogP contribution in [0, 0.1) is 17.7 Å². The number of phenolic OH excluding ortho intramolecular Hbond substituents is 2. The molecule has 3 aliphatic heterocycles. The second-order valence-corrected chi connectivity index (χ2v) is 10.1. The number of fused-ring (bicyclic) bond motifs is 4. The molecule has 3 aromatic carbocycles. The quantitative estimate of drug-likeness (QED) is 0.309. The number of hydrogen-bond donors (Lipinski definition) is 4. The van der Waals surface area contributed by atoms with Crippen molar-refractivity contribution < 1.29 is 29.0 Å². The summed E-state index contributed by atoms with van der Waals surface area (Å²) >= 11 is 6.28. The molecule has 3 amide bonds. The molecule has 6 rings (SSSR count). The van der Waals surface area contributed by atoms with Gasteiger partial charge in [0.25, 0.3) is 0 Å². The molecule has 37 heavy (non-hydrogen) atoms. The van der Waals surface area contributed by atoms with Gasteiger partial charge in [-0.2, -0.15) is 0 Å². The standard InChI is InChI=1S/C27H21ClFN3O5/c28-15-4-7-18-17(11-15)27(26(37)30-18)23-22(19(31-27)9-14-3-8-20(33)21(34)10-14)24(35)32(25(23)36)12-13-1-5-16(29)6-2-13/h1-8,10-11,19,22-23,31,33-34H,9,12H2,(H,30,37)/t19-,22-,23+,27-/m1/s1. The molecule has 3 heterocycles. The molecule has 0 unspecified atom stereocenters. The smallest absolute Gasteiger partial charge is 0.250 e. The molecule has 4 N–H and O–H groups in total. The van der Waals surface area contributed by atoms with Crippen LogP contribution in [0.5, 0.6) is 11.5 Å². The molecule has 0 bridgehead atoms. The minimum atomic E-state index is -1.53. The van der Waals surface area contributed by atoms with Crippen molar-refractivity contribution in [3.63, 3.8) is 0 Å². The zero-order chi connectivity index (χ0) is 26.1. The molecule has 8 nitrogen and oxygen atoms in total. The lowest BCUT2D eigenvalue weighted by Gasteiger charge is -2.29. The number of phenols is 2. The maximum Gasteiger partial charge on any atom is 0.250 e. The summed E-state index contributed by atoms with van der Waals surface area (Å²) < 4.78 is 13.4. The van der Waals surface area contributed by atoms with Crippen molar-refractivity contribution in [3.05, 3.63) is 88.2 Å². The van der Waals surface area contributed by atoms with Crippen molar-refractivity contribution in [1.29, 1.82) is 0 Å². The van der Waals surface area contributed by atoms with Gasteiger partial charge in [-0.25, -0.2) is 4.39 Å². The molecule has 2 saturated heterocycles. The fraction of sp³-hybridized carbons (Fsp3) is 0.222. The Labute approximate surface area is 215 Å². The first-order valence-electron chi connectivity index (χ1n) is 11.7. The van der Waals surface area contributed by atoms with Gasteiger partial charge in [-0.05, 0) is 60.0 Å². The highest BCUT2D eigenvalue weighted by Gasteiger charge is 2.70. The molecule has 0 aromatic heterocycles. The van der Waals surface area contributed by atoms with E-state index in [0.29, 0.717) is 27.4 Å². The number of carbonyl (C=O) groups is 3. The van der Waals surface area contributed by atoms with Crippen molar-refractivity contribution in [2.45, 2.75) is 24.5 Å². The first-order valence-corrected chi connectivity index (χ1v) is 12.1. The van der Waals surface area contributed by atoms with Gasteiger partial charge in [0.1, 0.15) is 11.4 Å². The highest BCUT2D eigenvalue weighted by molar-refractivity contribution is 6.31. The molecule has 188 valence electrons. The third kappa shape index (κ3) is 3.49. The molecule has 4 atom stereocenters. The number of hydrogen-bond acceptors (Lipinski definition) is 6. The lowest BCUT2D eigenvalue weighted by atomic mass is 9.76. The number of halogens is 2. The van der Waals surface area contributed by atoms with Gasteiger partial charge in [-0.3, -0.25) is 24.6 Å². The lowest BCUT2D eigenvalue weighted by molar-refractivity contribution is -0.143. The Morgan fingerprint density at radius 2 is 1.65 bits per heavy atom. The SMILES string of the molecule is O=C1[C@H]2[C@@H](C(=O)N1Cc1ccc(F)cc1)[C@@]1(N[C@@H]2Cc2ccc(O)c(O)c2)C(=O)Nc2ccc(Cl)cc21. The minimum Gasteiger partial charge on any atom is -0.504 e. The molecule has 3 aromatic rings. The summed E-state index contributed by atoms with van der Waals surface area (Å²) in [6, 6.07) is 14.1. The first kappa shape index (κ1) is 23.4. The third-order valence-corrected chi connectivity index (χ3v) is 7.75. The highest BCUT2D eigenvalue weighted by atomic mass is 35.5. The summed E-state index contributed by atoms with van der Waals surface area (Å²) in [6.45, 7) is -0.0578. The van der Waals surface area contributed by atoms with E-state index in [0.717, 1.165) is 4.90 Å². The van der Waals surface area contributed by atoms with E-state index in [1.807, 2.05) is 0 Å². The van der Waals surface area contributed by atoms with E-state index in [2.05, 4.69) is 10.6 Å². The van der Waals surface area contributed by atoms with Gasteiger partial charge >= 0.3 is 0 Å². The Hall–Kier alpha value is -3.95. The van der Waals surface area contributed by atoms with E-state index >= 15 is 0 Å². The van der Waals surface area contributed by atoms with Gasteiger partial charge in [-0.15, -0.1) is 0 Å². The van der Waals surface area contributed by atoms with Gasteiger partial charge in [-0.1, -0.05) is 29.8 Å². The lowest BCUT2D eigenvalue weighted by Crippen LogP contribution is -2.53. The predicted octanol–water partition coefficient (Wildman–Crippen LogP) is 3.05. The van der Waals surface area contributed by atoms with Gasteiger partial charge in [0, 0.05) is 22.3 Å². The summed E-state index contributed by atoms with van der Waals surface area (Å²) in [4.78, 5) is 42.3. The van der Waals surface area contributed by atoms with Crippen LogP contribution in [0.25, 0.3) is 0 Å². The monoisotopic (exact) mass is 521 g/mol. The van der Waals surface area contributed by atoms with Gasteiger partial charge < -0.3 is 15.5 Å². The molecule has 0 saturated carbocycles. The molecular weight excluding hydrogens is 501 g/mol. The summed E-state index contributed by atoms with van der Waals surface area (Å²) in [5.74, 6) is -4.38. The number of aromatic hydroxyl groups is 2. The normalized spacial score (nSPS) is 26.1. The van der Waals surface area contributed by atoms with Crippen LogP contribution in [0.3, 0.4) is 0 Å². The molecule has 10 heteroatoms. The molecule has 0 aliphatic carbocycles. The first-order chi connectivity index (χ1) is 17.7. The van der Waals surface area contributed by atoms with Gasteiger partial charge in [0.2, 0.25) is 17.7 Å². The van der Waals surface area contributed by atoms with Crippen molar-refractivity contribution >= 4 is 35.0 Å². The predicted molar refractivity (Wildman–Crippen MR) is 131 cm³/mol. The van der Waals surface area contributed by atoms with Crippen LogP contribution in [0.4, 0.5) is 10.1 Å². The van der Waals surface area contributed by atoms with Crippen molar-refractivity contribution in [2.75, 3.05) is 5.32 Å². The third-order valence-electron chi connectivity index (χ3n) is 7.52. The maximum absolute atomic E-state index is 13.9. The van der Waals surface area contributed by atoms with Crippen LogP contribution in [0.2, 0.25) is 5.02 Å². The Morgan fingerprint density at radius 1 is 0.919 bits per heavy atom. The number of anilines is 1. The number of rotatable bonds is 4. The molecule has 3 aliphatic rings. The molecule has 1 spiro atoms. The Bertz CT molecular complexity index is 1480. The van der Waals surface area contributed by atoms with Crippen molar-refractivity contribution in [2.24, 2.45) is 11.8 Å². The molecule has 0 radical (unpaired) electrons. The van der Waals surface area contributed by atoms with Gasteiger partial charge in [0.15, 0.2) is 11.5 Å². The van der Waals surface area contributed by atoms with E-state index in [9.17, 15) is 29.0 Å². The van der Waals surface area contributed by atoms with Crippen LogP contribution in [-0.2, 0) is 32.9 Å². The zero-order valence-corrected chi connectivity index (χ0v) is 20.0. The number of nitrogens with zero attached hydrogens (tertiary/aromatic N) is 1. The van der Waals surface area contributed by atoms with Crippen LogP contribution < -0.4 is 10.6 Å². The number of benzene rings is 3. The number of nitrogens with one attached hydrogen (secondary N) is 2. The Kier molecular flexibility index (Phi) is 5.25. The second kappa shape index (κ2) is 8.29. The fourth-order valence-electron chi connectivity index (χ4n) is 5.89. The van der Waals surface area contributed by atoms with E-state index < -0.39 is 47.0 Å². The summed E-state index contributed by atoms with van der Waals surface area (Å²) in [7, 11) is 0.